The predicted molar refractivity (Wildman–Crippen MR) is 58.2 cm³/mol. The molecule has 1 heterocycles. The summed E-state index contributed by atoms with van der Waals surface area (Å²) in [4.78, 5) is 10.6. The van der Waals surface area contributed by atoms with Gasteiger partial charge in [0.1, 0.15) is 0 Å². The van der Waals surface area contributed by atoms with Gasteiger partial charge in [-0.05, 0) is 32.4 Å². The third-order valence-electron chi connectivity index (χ3n) is 3.18. The minimum Gasteiger partial charge on any atom is -0.353 e. The van der Waals surface area contributed by atoms with Crippen molar-refractivity contribution in [3.63, 3.8) is 0 Å². The Morgan fingerprint density at radius 3 is 2.64 bits per heavy atom. The molecule has 0 aromatic carbocycles. The molecule has 1 aliphatic rings. The maximum atomic E-state index is 10.6. The molecule has 0 saturated carbocycles. The quantitative estimate of drug-likeness (QED) is 0.501. The summed E-state index contributed by atoms with van der Waals surface area (Å²) in [6.45, 7) is 4.28. The van der Waals surface area contributed by atoms with E-state index >= 15 is 0 Å². The monoisotopic (exact) mass is 198 g/mol. The van der Waals surface area contributed by atoms with Gasteiger partial charge in [0.25, 0.3) is 0 Å². The van der Waals surface area contributed by atoms with Crippen LogP contribution in [0.4, 0.5) is 0 Å². The van der Waals surface area contributed by atoms with Gasteiger partial charge in [0.2, 0.25) is 6.41 Å². The molecule has 0 aromatic rings. The molecule has 2 N–H and O–H groups in total. The predicted octanol–water partition coefficient (Wildman–Crippen LogP) is 1.43. The number of amides is 1. The van der Waals surface area contributed by atoms with Gasteiger partial charge in [-0.2, -0.15) is 0 Å². The van der Waals surface area contributed by atoms with Crippen molar-refractivity contribution in [2.45, 2.75) is 51.0 Å². The Bertz CT molecular complexity index is 165. The van der Waals surface area contributed by atoms with Crippen molar-refractivity contribution < 1.29 is 4.79 Å². The van der Waals surface area contributed by atoms with Crippen LogP contribution in [0, 0.1) is 0 Å². The lowest BCUT2D eigenvalue weighted by Crippen LogP contribution is -2.51. The van der Waals surface area contributed by atoms with Crippen LogP contribution in [-0.4, -0.2) is 25.0 Å². The van der Waals surface area contributed by atoms with Gasteiger partial charge in [0.05, 0.1) is 0 Å². The van der Waals surface area contributed by atoms with Crippen LogP contribution in [0.2, 0.25) is 0 Å². The zero-order valence-electron chi connectivity index (χ0n) is 9.14. The number of hydrogen-bond acceptors (Lipinski definition) is 2. The molecule has 3 heteroatoms. The van der Waals surface area contributed by atoms with E-state index in [1.807, 2.05) is 0 Å². The lowest BCUT2D eigenvalue weighted by atomic mass is 9.83. The number of nitrogens with one attached hydrogen (secondary N) is 2. The minimum atomic E-state index is 0.0994. The summed E-state index contributed by atoms with van der Waals surface area (Å²) < 4.78 is 0. The molecule has 1 saturated heterocycles. The van der Waals surface area contributed by atoms with Gasteiger partial charge in [-0.3, -0.25) is 4.79 Å². The van der Waals surface area contributed by atoms with Crippen molar-refractivity contribution in [1.82, 2.24) is 10.6 Å². The molecule has 14 heavy (non-hydrogen) atoms. The Kier molecular flexibility index (Phi) is 4.94. The van der Waals surface area contributed by atoms with Gasteiger partial charge >= 0.3 is 0 Å². The maximum Gasteiger partial charge on any atom is 0.207 e. The van der Waals surface area contributed by atoms with Gasteiger partial charge in [-0.15, -0.1) is 0 Å². The number of carbonyl (C=O) groups is 1. The highest BCUT2D eigenvalue weighted by Gasteiger charge is 2.30. The zero-order valence-corrected chi connectivity index (χ0v) is 9.14. The van der Waals surface area contributed by atoms with Crippen molar-refractivity contribution in [3.05, 3.63) is 0 Å². The number of rotatable bonds is 6. The summed E-state index contributed by atoms with van der Waals surface area (Å²) in [5.74, 6) is 0. The molecule has 0 atom stereocenters. The lowest BCUT2D eigenvalue weighted by Gasteiger charge is -2.37. The van der Waals surface area contributed by atoms with Crippen LogP contribution in [-0.2, 0) is 4.79 Å². The molecule has 1 amide bonds. The second-order valence-corrected chi connectivity index (χ2v) is 4.25. The second kappa shape index (κ2) is 6.02. The Morgan fingerprint density at radius 1 is 1.36 bits per heavy atom. The molecule has 3 nitrogen and oxygen atoms in total. The minimum absolute atomic E-state index is 0.0994. The number of piperidine rings is 1. The summed E-state index contributed by atoms with van der Waals surface area (Å²) in [5, 5.41) is 6.37. The number of carbonyl (C=O) groups excluding carboxylic acids is 1. The van der Waals surface area contributed by atoms with Gasteiger partial charge in [-0.25, -0.2) is 0 Å². The van der Waals surface area contributed by atoms with E-state index in [1.54, 1.807) is 0 Å². The van der Waals surface area contributed by atoms with Crippen LogP contribution < -0.4 is 10.6 Å². The molecular formula is C11H22N2O. The van der Waals surface area contributed by atoms with E-state index < -0.39 is 0 Å². The van der Waals surface area contributed by atoms with Crippen LogP contribution in [0.3, 0.4) is 0 Å². The van der Waals surface area contributed by atoms with E-state index in [9.17, 15) is 4.79 Å². The highest BCUT2D eigenvalue weighted by molar-refractivity contribution is 5.48. The molecular weight excluding hydrogens is 176 g/mol. The van der Waals surface area contributed by atoms with Crippen LogP contribution in [0.5, 0.6) is 0 Å². The van der Waals surface area contributed by atoms with Crippen LogP contribution in [0.1, 0.15) is 45.4 Å². The Morgan fingerprint density at radius 2 is 2.07 bits per heavy atom. The van der Waals surface area contributed by atoms with E-state index in [1.165, 1.54) is 19.3 Å². The zero-order chi connectivity index (χ0) is 10.3. The first kappa shape index (κ1) is 11.5. The third kappa shape index (κ3) is 3.29. The second-order valence-electron chi connectivity index (χ2n) is 4.25. The normalized spacial score (nSPS) is 20.4. The molecule has 0 aromatic heterocycles. The molecule has 0 spiro atoms. The molecule has 0 bridgehead atoms. The van der Waals surface area contributed by atoms with Crippen molar-refractivity contribution >= 4 is 6.41 Å². The smallest absolute Gasteiger partial charge is 0.207 e. The average Bonchev–Trinajstić information content (AvgIpc) is 2.20. The topological polar surface area (TPSA) is 41.1 Å². The number of hydrogen-bond donors (Lipinski definition) is 2. The highest BCUT2D eigenvalue weighted by Crippen LogP contribution is 2.24. The van der Waals surface area contributed by atoms with E-state index in [-0.39, 0.29) is 5.54 Å². The van der Waals surface area contributed by atoms with Crippen molar-refractivity contribution in [3.8, 4) is 0 Å². The SMILES string of the molecule is CCCCCC1(NC=O)CCNCC1. The fourth-order valence-corrected chi connectivity index (χ4v) is 2.21. The summed E-state index contributed by atoms with van der Waals surface area (Å²) in [6.07, 6.45) is 7.92. The third-order valence-corrected chi connectivity index (χ3v) is 3.18. The summed E-state index contributed by atoms with van der Waals surface area (Å²) >= 11 is 0. The largest absolute Gasteiger partial charge is 0.353 e. The Labute approximate surface area is 86.6 Å². The number of unbranched alkanes of at least 4 members (excludes halogenated alkanes) is 2. The van der Waals surface area contributed by atoms with E-state index in [2.05, 4.69) is 17.6 Å². The molecule has 1 rings (SSSR count). The van der Waals surface area contributed by atoms with E-state index in [0.717, 1.165) is 38.8 Å². The highest BCUT2D eigenvalue weighted by atomic mass is 16.1. The van der Waals surface area contributed by atoms with Crippen molar-refractivity contribution in [2.75, 3.05) is 13.1 Å². The molecule has 82 valence electrons. The van der Waals surface area contributed by atoms with Gasteiger partial charge in [-0.1, -0.05) is 26.2 Å². The Hall–Kier alpha value is -0.570. The van der Waals surface area contributed by atoms with Crippen molar-refractivity contribution in [1.29, 1.82) is 0 Å². The molecule has 0 radical (unpaired) electrons. The van der Waals surface area contributed by atoms with E-state index in [0.29, 0.717) is 0 Å². The van der Waals surface area contributed by atoms with Crippen LogP contribution in [0.25, 0.3) is 0 Å². The average molecular weight is 198 g/mol. The molecule has 0 unspecified atom stereocenters. The van der Waals surface area contributed by atoms with E-state index in [4.69, 9.17) is 0 Å². The lowest BCUT2D eigenvalue weighted by molar-refractivity contribution is -0.111. The van der Waals surface area contributed by atoms with Crippen LogP contribution >= 0.6 is 0 Å². The Balaban J connectivity index is 2.38. The van der Waals surface area contributed by atoms with Gasteiger partial charge in [0.15, 0.2) is 0 Å². The summed E-state index contributed by atoms with van der Waals surface area (Å²) in [7, 11) is 0. The maximum absolute atomic E-state index is 10.6. The van der Waals surface area contributed by atoms with Gasteiger partial charge < -0.3 is 10.6 Å². The molecule has 1 aliphatic heterocycles. The summed E-state index contributed by atoms with van der Waals surface area (Å²) in [5.41, 5.74) is 0.0994. The van der Waals surface area contributed by atoms with Gasteiger partial charge in [0, 0.05) is 5.54 Å². The first-order valence-corrected chi connectivity index (χ1v) is 5.75. The summed E-state index contributed by atoms with van der Waals surface area (Å²) in [6, 6.07) is 0. The fourth-order valence-electron chi connectivity index (χ4n) is 2.21. The van der Waals surface area contributed by atoms with Crippen molar-refractivity contribution in [2.24, 2.45) is 0 Å². The van der Waals surface area contributed by atoms with Crippen LogP contribution in [0.15, 0.2) is 0 Å². The molecule has 0 aliphatic carbocycles. The fraction of sp³-hybridized carbons (Fsp3) is 0.909. The first-order valence-electron chi connectivity index (χ1n) is 5.75. The standard InChI is InChI=1S/C11H22N2O/c1-2-3-4-5-11(13-10-14)6-8-12-9-7-11/h10,12H,2-9H2,1H3,(H,13,14). The molecule has 1 fully saturated rings. The first-order chi connectivity index (χ1) is 6.83.